The number of rotatable bonds is 4. The molecule has 0 N–H and O–H groups in total. The van der Waals surface area contributed by atoms with Gasteiger partial charge in [0.15, 0.2) is 11.5 Å². The molecule has 0 aliphatic heterocycles. The topological polar surface area (TPSA) is 43.9 Å². The molecule has 8 rings (SSSR count). The van der Waals surface area contributed by atoms with E-state index in [1.54, 1.807) is 0 Å². The van der Waals surface area contributed by atoms with Crippen LogP contribution in [0.3, 0.4) is 0 Å². The van der Waals surface area contributed by atoms with Gasteiger partial charge < -0.3 is 4.42 Å². The second-order valence-corrected chi connectivity index (χ2v) is 9.90. The molecular weight excluding hydrogens is 490 g/mol. The fraction of sp³-hybridized carbons (Fsp3) is 0. The molecule has 5 aromatic carbocycles. The number of aromatic nitrogens is 3. The molecule has 0 aliphatic rings. The van der Waals surface area contributed by atoms with Crippen molar-refractivity contribution in [2.45, 2.75) is 0 Å². The van der Waals surface area contributed by atoms with Gasteiger partial charge in [-0.05, 0) is 53.1 Å². The summed E-state index contributed by atoms with van der Waals surface area (Å²) in [6.45, 7) is 0. The third kappa shape index (κ3) is 3.62. The highest BCUT2D eigenvalue weighted by Crippen LogP contribution is 2.39. The van der Waals surface area contributed by atoms with Crippen molar-refractivity contribution in [3.63, 3.8) is 0 Å². The van der Waals surface area contributed by atoms with E-state index < -0.39 is 0 Å². The number of furan rings is 1. The lowest BCUT2D eigenvalue weighted by Gasteiger charge is -2.09. The molecule has 0 saturated heterocycles. The number of para-hydroxylation sites is 2. The van der Waals surface area contributed by atoms with Crippen LogP contribution in [0.2, 0.25) is 0 Å². The molecule has 3 aromatic heterocycles. The Kier molecular flexibility index (Phi) is 5.10. The van der Waals surface area contributed by atoms with E-state index in [1.807, 2.05) is 48.7 Å². The standard InChI is InChI=1S/C36H23N3O/c1-4-11-24(12-5-1)26-19-20-29-30-17-10-18-31(34(30)40-33(29)22-26)35-38-32-21-27(25-13-6-2-7-14-25)23-37-36(32)39(35)28-15-8-3-9-16-28/h1-23H. The van der Waals surface area contributed by atoms with E-state index in [-0.39, 0.29) is 0 Å². The Labute approximate surface area is 230 Å². The summed E-state index contributed by atoms with van der Waals surface area (Å²) in [4.78, 5) is 10.1. The molecule has 8 aromatic rings. The Morgan fingerprint density at radius 1 is 0.550 bits per heavy atom. The van der Waals surface area contributed by atoms with Crippen molar-refractivity contribution in [2.24, 2.45) is 0 Å². The average Bonchev–Trinajstić information content (AvgIpc) is 3.60. The molecule has 0 radical (unpaired) electrons. The summed E-state index contributed by atoms with van der Waals surface area (Å²) in [5, 5.41) is 2.15. The van der Waals surface area contributed by atoms with Crippen molar-refractivity contribution in [3.8, 4) is 39.3 Å². The smallest absolute Gasteiger partial charge is 0.164 e. The minimum atomic E-state index is 0.798. The second kappa shape index (κ2) is 9.07. The molecule has 0 bridgehead atoms. The summed E-state index contributed by atoms with van der Waals surface area (Å²) in [5.74, 6) is 0.798. The minimum absolute atomic E-state index is 0.798. The van der Waals surface area contributed by atoms with E-state index in [4.69, 9.17) is 14.4 Å². The third-order valence-electron chi connectivity index (χ3n) is 7.47. The largest absolute Gasteiger partial charge is 0.455 e. The highest BCUT2D eigenvalue weighted by atomic mass is 16.3. The number of imidazole rings is 1. The molecule has 0 aliphatic carbocycles. The SMILES string of the molecule is c1ccc(-c2cnc3c(c2)nc(-c2cccc4c2oc2cc(-c5ccccc5)ccc24)n3-c2ccccc2)cc1. The van der Waals surface area contributed by atoms with Crippen LogP contribution >= 0.6 is 0 Å². The lowest BCUT2D eigenvalue weighted by Crippen LogP contribution is -1.98. The van der Waals surface area contributed by atoms with Gasteiger partial charge in [-0.2, -0.15) is 0 Å². The van der Waals surface area contributed by atoms with Crippen LogP contribution in [0.25, 0.3) is 72.4 Å². The van der Waals surface area contributed by atoms with Crippen molar-refractivity contribution in [2.75, 3.05) is 0 Å². The first-order valence-corrected chi connectivity index (χ1v) is 13.3. The van der Waals surface area contributed by atoms with Gasteiger partial charge in [0.2, 0.25) is 0 Å². The van der Waals surface area contributed by atoms with Crippen LogP contribution in [0.5, 0.6) is 0 Å². The Balaban J connectivity index is 1.37. The van der Waals surface area contributed by atoms with E-state index in [0.29, 0.717) is 0 Å². The number of fused-ring (bicyclic) bond motifs is 4. The van der Waals surface area contributed by atoms with Gasteiger partial charge in [-0.25, -0.2) is 9.97 Å². The number of nitrogens with zero attached hydrogens (tertiary/aromatic N) is 3. The number of benzene rings is 5. The lowest BCUT2D eigenvalue weighted by atomic mass is 10.0. The predicted octanol–water partition coefficient (Wildman–Crippen LogP) is 9.32. The zero-order chi connectivity index (χ0) is 26.5. The average molecular weight is 514 g/mol. The molecule has 0 fully saturated rings. The van der Waals surface area contributed by atoms with Gasteiger partial charge in [-0.15, -0.1) is 0 Å². The summed E-state index contributed by atoms with van der Waals surface area (Å²) in [7, 11) is 0. The Hall–Kier alpha value is -5.48. The highest BCUT2D eigenvalue weighted by molar-refractivity contribution is 6.10. The maximum Gasteiger partial charge on any atom is 0.164 e. The van der Waals surface area contributed by atoms with Gasteiger partial charge in [-0.3, -0.25) is 4.57 Å². The van der Waals surface area contributed by atoms with Gasteiger partial charge in [0.1, 0.15) is 16.7 Å². The van der Waals surface area contributed by atoms with Crippen molar-refractivity contribution < 1.29 is 4.42 Å². The van der Waals surface area contributed by atoms with Crippen LogP contribution in [0.4, 0.5) is 0 Å². The fourth-order valence-corrected chi connectivity index (χ4v) is 5.54. The molecule has 0 atom stereocenters. The maximum atomic E-state index is 6.61. The van der Waals surface area contributed by atoms with Gasteiger partial charge in [0, 0.05) is 28.2 Å². The monoisotopic (exact) mass is 513 g/mol. The van der Waals surface area contributed by atoms with Crippen molar-refractivity contribution in [3.05, 3.63) is 140 Å². The van der Waals surface area contributed by atoms with E-state index in [9.17, 15) is 0 Å². The quantitative estimate of drug-likeness (QED) is 0.235. The second-order valence-electron chi connectivity index (χ2n) is 9.90. The highest BCUT2D eigenvalue weighted by Gasteiger charge is 2.21. The van der Waals surface area contributed by atoms with E-state index in [2.05, 4.69) is 95.6 Å². The molecule has 0 spiro atoms. The summed E-state index contributed by atoms with van der Waals surface area (Å²) >= 11 is 0. The Morgan fingerprint density at radius 2 is 1.25 bits per heavy atom. The van der Waals surface area contributed by atoms with Gasteiger partial charge in [0.25, 0.3) is 0 Å². The van der Waals surface area contributed by atoms with Crippen LogP contribution in [-0.4, -0.2) is 14.5 Å². The molecular formula is C36H23N3O. The molecule has 4 nitrogen and oxygen atoms in total. The number of hydrogen-bond donors (Lipinski definition) is 0. The number of pyridine rings is 1. The minimum Gasteiger partial charge on any atom is -0.455 e. The van der Waals surface area contributed by atoms with Crippen LogP contribution in [0.15, 0.2) is 144 Å². The zero-order valence-corrected chi connectivity index (χ0v) is 21.5. The first kappa shape index (κ1) is 22.5. The maximum absolute atomic E-state index is 6.61. The van der Waals surface area contributed by atoms with E-state index in [0.717, 1.165) is 72.4 Å². The lowest BCUT2D eigenvalue weighted by molar-refractivity contribution is 0.669. The van der Waals surface area contributed by atoms with Crippen LogP contribution in [-0.2, 0) is 0 Å². The first-order valence-electron chi connectivity index (χ1n) is 13.3. The zero-order valence-electron chi connectivity index (χ0n) is 21.5. The van der Waals surface area contributed by atoms with Crippen LogP contribution < -0.4 is 0 Å². The van der Waals surface area contributed by atoms with E-state index >= 15 is 0 Å². The summed E-state index contributed by atoms with van der Waals surface area (Å²) in [6, 6.07) is 45.8. The first-order chi connectivity index (χ1) is 19.8. The molecule has 40 heavy (non-hydrogen) atoms. The molecule has 4 heteroatoms. The fourth-order valence-electron chi connectivity index (χ4n) is 5.54. The van der Waals surface area contributed by atoms with Crippen LogP contribution in [0.1, 0.15) is 0 Å². The van der Waals surface area contributed by atoms with Crippen molar-refractivity contribution in [1.29, 1.82) is 0 Å². The Bertz CT molecular complexity index is 2140. The van der Waals surface area contributed by atoms with Crippen molar-refractivity contribution in [1.82, 2.24) is 14.5 Å². The van der Waals surface area contributed by atoms with Crippen molar-refractivity contribution >= 4 is 33.1 Å². The molecule has 188 valence electrons. The van der Waals surface area contributed by atoms with Crippen LogP contribution in [0, 0.1) is 0 Å². The third-order valence-corrected chi connectivity index (χ3v) is 7.47. The van der Waals surface area contributed by atoms with E-state index in [1.165, 1.54) is 0 Å². The summed E-state index contributed by atoms with van der Waals surface area (Å²) in [6.07, 6.45) is 1.93. The molecule has 0 amide bonds. The number of hydrogen-bond acceptors (Lipinski definition) is 3. The Morgan fingerprint density at radius 3 is 2.00 bits per heavy atom. The molecule has 0 unspecified atom stereocenters. The summed E-state index contributed by atoms with van der Waals surface area (Å²) < 4.78 is 8.73. The molecule has 3 heterocycles. The summed E-state index contributed by atoms with van der Waals surface area (Å²) in [5.41, 5.74) is 9.68. The normalized spacial score (nSPS) is 11.5. The van der Waals surface area contributed by atoms with Gasteiger partial charge in [0.05, 0.1) is 5.56 Å². The molecule has 0 saturated carbocycles. The van der Waals surface area contributed by atoms with Gasteiger partial charge in [-0.1, -0.05) is 97.1 Å². The predicted molar refractivity (Wildman–Crippen MR) is 162 cm³/mol. The van der Waals surface area contributed by atoms with Gasteiger partial charge >= 0.3 is 0 Å².